The Bertz CT molecular complexity index is 789. The SMILES string of the molecule is CCCCCCOc1ccc2nn(-c3ccc(CCC)cc3)cc2c1. The lowest BCUT2D eigenvalue weighted by molar-refractivity contribution is 0.305. The van der Waals surface area contributed by atoms with E-state index in [-0.39, 0.29) is 0 Å². The first-order valence-electron chi connectivity index (χ1n) is 9.51. The minimum atomic E-state index is 0.790. The third-order valence-corrected chi connectivity index (χ3v) is 4.48. The molecule has 0 fully saturated rings. The van der Waals surface area contributed by atoms with E-state index in [2.05, 4.69) is 55.5 Å². The standard InChI is InChI=1S/C22H28N2O/c1-3-5-6-7-15-25-21-13-14-22-19(16-21)17-24(23-22)20-11-9-18(8-4-2)10-12-20/h9-14,16-17H,3-8,15H2,1-2H3. The topological polar surface area (TPSA) is 27.1 Å². The average molecular weight is 336 g/mol. The molecule has 1 aromatic heterocycles. The highest BCUT2D eigenvalue weighted by Crippen LogP contribution is 2.22. The molecule has 0 aliphatic heterocycles. The second-order valence-corrected chi connectivity index (χ2v) is 6.62. The fourth-order valence-electron chi connectivity index (χ4n) is 3.05. The number of aromatic nitrogens is 2. The van der Waals surface area contributed by atoms with E-state index < -0.39 is 0 Å². The van der Waals surface area contributed by atoms with Crippen LogP contribution in [0.5, 0.6) is 5.75 Å². The van der Waals surface area contributed by atoms with Gasteiger partial charge in [-0.2, -0.15) is 5.10 Å². The zero-order valence-corrected chi connectivity index (χ0v) is 15.4. The number of fused-ring (bicyclic) bond motifs is 1. The highest BCUT2D eigenvalue weighted by molar-refractivity contribution is 5.80. The molecule has 0 amide bonds. The van der Waals surface area contributed by atoms with E-state index in [4.69, 9.17) is 4.74 Å². The molecule has 25 heavy (non-hydrogen) atoms. The van der Waals surface area contributed by atoms with Crippen LogP contribution in [0.15, 0.2) is 48.7 Å². The Labute approximate surface area is 150 Å². The molecule has 0 radical (unpaired) electrons. The van der Waals surface area contributed by atoms with Crippen molar-refractivity contribution in [1.29, 1.82) is 0 Å². The van der Waals surface area contributed by atoms with Gasteiger partial charge in [0.2, 0.25) is 0 Å². The summed E-state index contributed by atoms with van der Waals surface area (Å²) < 4.78 is 7.83. The van der Waals surface area contributed by atoms with E-state index in [1.165, 1.54) is 31.2 Å². The summed E-state index contributed by atoms with van der Waals surface area (Å²) in [5, 5.41) is 5.80. The van der Waals surface area contributed by atoms with Crippen LogP contribution in [-0.4, -0.2) is 16.4 Å². The maximum absolute atomic E-state index is 5.88. The van der Waals surface area contributed by atoms with Gasteiger partial charge >= 0.3 is 0 Å². The van der Waals surface area contributed by atoms with Crippen LogP contribution in [0.4, 0.5) is 0 Å². The number of ether oxygens (including phenoxy) is 1. The van der Waals surface area contributed by atoms with E-state index in [1.54, 1.807) is 0 Å². The van der Waals surface area contributed by atoms with Crippen molar-refractivity contribution in [2.75, 3.05) is 6.61 Å². The van der Waals surface area contributed by atoms with Gasteiger partial charge in [-0.3, -0.25) is 0 Å². The minimum absolute atomic E-state index is 0.790. The maximum Gasteiger partial charge on any atom is 0.120 e. The molecule has 1 heterocycles. The van der Waals surface area contributed by atoms with Crippen LogP contribution in [0.25, 0.3) is 16.6 Å². The van der Waals surface area contributed by atoms with Crippen molar-refractivity contribution in [3.8, 4) is 11.4 Å². The Morgan fingerprint density at radius 3 is 2.52 bits per heavy atom. The molecule has 0 bridgehead atoms. The van der Waals surface area contributed by atoms with Crippen molar-refractivity contribution in [2.45, 2.75) is 52.4 Å². The number of hydrogen-bond donors (Lipinski definition) is 0. The van der Waals surface area contributed by atoms with Gasteiger partial charge < -0.3 is 4.74 Å². The number of aryl methyl sites for hydroxylation is 1. The van der Waals surface area contributed by atoms with Crippen molar-refractivity contribution in [2.24, 2.45) is 0 Å². The van der Waals surface area contributed by atoms with Crippen molar-refractivity contribution in [3.05, 3.63) is 54.2 Å². The Balaban J connectivity index is 1.69. The summed E-state index contributed by atoms with van der Waals surface area (Å²) in [6, 6.07) is 14.8. The third kappa shape index (κ3) is 4.62. The van der Waals surface area contributed by atoms with Crippen LogP contribution in [0.2, 0.25) is 0 Å². The van der Waals surface area contributed by atoms with Crippen LogP contribution >= 0.6 is 0 Å². The maximum atomic E-state index is 5.88. The number of hydrogen-bond acceptors (Lipinski definition) is 2. The first kappa shape index (κ1) is 17.5. The number of nitrogens with zero attached hydrogens (tertiary/aromatic N) is 2. The molecule has 0 spiro atoms. The van der Waals surface area contributed by atoms with E-state index in [1.807, 2.05) is 16.8 Å². The van der Waals surface area contributed by atoms with Crippen molar-refractivity contribution < 1.29 is 4.74 Å². The molecule has 3 rings (SSSR count). The molecule has 3 heteroatoms. The van der Waals surface area contributed by atoms with Crippen molar-refractivity contribution in [1.82, 2.24) is 9.78 Å². The smallest absolute Gasteiger partial charge is 0.120 e. The fourth-order valence-corrected chi connectivity index (χ4v) is 3.05. The first-order valence-corrected chi connectivity index (χ1v) is 9.51. The summed E-state index contributed by atoms with van der Waals surface area (Å²) in [6.45, 7) is 5.22. The van der Waals surface area contributed by atoms with Crippen molar-refractivity contribution >= 4 is 10.9 Å². The minimum Gasteiger partial charge on any atom is -0.494 e. The van der Waals surface area contributed by atoms with Crippen LogP contribution < -0.4 is 4.74 Å². The molecular formula is C22H28N2O. The Morgan fingerprint density at radius 1 is 0.920 bits per heavy atom. The lowest BCUT2D eigenvalue weighted by Gasteiger charge is -2.05. The van der Waals surface area contributed by atoms with Gasteiger partial charge in [0.1, 0.15) is 5.75 Å². The number of rotatable bonds is 9. The molecule has 3 nitrogen and oxygen atoms in total. The Kier molecular flexibility index (Phi) is 6.10. The molecular weight excluding hydrogens is 308 g/mol. The van der Waals surface area contributed by atoms with Gasteiger partial charge in [0.15, 0.2) is 0 Å². The summed E-state index contributed by atoms with van der Waals surface area (Å²) >= 11 is 0. The van der Waals surface area contributed by atoms with Gasteiger partial charge in [-0.1, -0.05) is 51.7 Å². The van der Waals surface area contributed by atoms with E-state index in [0.29, 0.717) is 0 Å². The summed E-state index contributed by atoms with van der Waals surface area (Å²) in [6.07, 6.45) is 9.28. The summed E-state index contributed by atoms with van der Waals surface area (Å²) in [4.78, 5) is 0. The molecule has 0 aliphatic carbocycles. The Hall–Kier alpha value is -2.29. The van der Waals surface area contributed by atoms with Gasteiger partial charge in [-0.15, -0.1) is 0 Å². The van der Waals surface area contributed by atoms with Crippen molar-refractivity contribution in [3.63, 3.8) is 0 Å². The zero-order chi connectivity index (χ0) is 17.5. The summed E-state index contributed by atoms with van der Waals surface area (Å²) in [5.41, 5.74) is 3.47. The fraction of sp³-hybridized carbons (Fsp3) is 0.409. The lowest BCUT2D eigenvalue weighted by atomic mass is 10.1. The molecule has 0 N–H and O–H groups in total. The van der Waals surface area contributed by atoms with Gasteiger partial charge in [0.05, 0.1) is 17.8 Å². The van der Waals surface area contributed by atoms with Crippen LogP contribution in [0.1, 0.15) is 51.5 Å². The van der Waals surface area contributed by atoms with E-state index in [9.17, 15) is 0 Å². The van der Waals surface area contributed by atoms with Gasteiger partial charge in [-0.05, 0) is 48.7 Å². The molecule has 0 saturated carbocycles. The summed E-state index contributed by atoms with van der Waals surface area (Å²) in [7, 11) is 0. The molecule has 3 aromatic rings. The van der Waals surface area contributed by atoms with Gasteiger partial charge in [-0.25, -0.2) is 4.68 Å². The quantitative estimate of drug-likeness (QED) is 0.452. The monoisotopic (exact) mass is 336 g/mol. The molecule has 0 atom stereocenters. The largest absolute Gasteiger partial charge is 0.494 e. The average Bonchev–Trinajstić information content (AvgIpc) is 3.06. The number of unbranched alkanes of at least 4 members (excludes halogenated alkanes) is 3. The summed E-state index contributed by atoms with van der Waals surface area (Å²) in [5.74, 6) is 0.932. The van der Waals surface area contributed by atoms with E-state index >= 15 is 0 Å². The third-order valence-electron chi connectivity index (χ3n) is 4.48. The van der Waals surface area contributed by atoms with Gasteiger partial charge in [0, 0.05) is 11.6 Å². The predicted octanol–water partition coefficient (Wildman–Crippen LogP) is 5.94. The number of benzene rings is 2. The Morgan fingerprint density at radius 2 is 1.76 bits per heavy atom. The lowest BCUT2D eigenvalue weighted by Crippen LogP contribution is -1.96. The highest BCUT2D eigenvalue weighted by Gasteiger charge is 2.05. The second kappa shape index (κ2) is 8.70. The predicted molar refractivity (Wildman–Crippen MR) is 105 cm³/mol. The molecule has 0 aliphatic rings. The molecule has 132 valence electrons. The van der Waals surface area contributed by atoms with E-state index in [0.717, 1.165) is 41.8 Å². The second-order valence-electron chi connectivity index (χ2n) is 6.62. The first-order chi connectivity index (χ1) is 12.3. The normalized spacial score (nSPS) is 11.1. The van der Waals surface area contributed by atoms with Crippen LogP contribution in [0.3, 0.4) is 0 Å². The molecule has 0 unspecified atom stereocenters. The van der Waals surface area contributed by atoms with Gasteiger partial charge in [0.25, 0.3) is 0 Å². The zero-order valence-electron chi connectivity index (χ0n) is 15.4. The van der Waals surface area contributed by atoms with Crippen LogP contribution in [0, 0.1) is 0 Å². The molecule has 0 saturated heterocycles. The van der Waals surface area contributed by atoms with Crippen LogP contribution in [-0.2, 0) is 6.42 Å². The molecule has 2 aromatic carbocycles. The highest BCUT2D eigenvalue weighted by atomic mass is 16.5.